The zero-order chi connectivity index (χ0) is 16.2. The molecule has 1 rings (SSSR count). The Morgan fingerprint density at radius 2 is 2.05 bits per heavy atom. The van der Waals surface area contributed by atoms with Gasteiger partial charge in [0.2, 0.25) is 0 Å². The molecule has 1 heterocycles. The Morgan fingerprint density at radius 1 is 1.43 bits per heavy atom. The molecule has 0 aromatic heterocycles. The monoisotopic (exact) mass is 308 g/mol. The fraction of sp³-hybridized carbons (Fsp3) is 0.692. The number of alkyl halides is 3. The fourth-order valence-corrected chi connectivity index (χ4v) is 2.07. The third-order valence-corrected chi connectivity index (χ3v) is 3.28. The van der Waals surface area contributed by atoms with Crippen LogP contribution in [0.15, 0.2) is 11.6 Å². The van der Waals surface area contributed by atoms with E-state index in [2.05, 4.69) is 0 Å². The molecule has 0 radical (unpaired) electrons. The van der Waals surface area contributed by atoms with E-state index in [4.69, 9.17) is 5.11 Å². The van der Waals surface area contributed by atoms with E-state index in [-0.39, 0.29) is 38.5 Å². The van der Waals surface area contributed by atoms with Gasteiger partial charge in [-0.2, -0.15) is 13.2 Å². The second kappa shape index (κ2) is 6.82. The molecular weight excluding hydrogens is 289 g/mol. The lowest BCUT2D eigenvalue weighted by Crippen LogP contribution is -2.48. The zero-order valence-corrected chi connectivity index (χ0v) is 12.0. The molecule has 5 nitrogen and oxygen atoms in total. The van der Waals surface area contributed by atoms with Crippen LogP contribution in [0.1, 0.15) is 26.7 Å². The summed E-state index contributed by atoms with van der Waals surface area (Å²) in [5.41, 5.74) is -0.617. The predicted molar refractivity (Wildman–Crippen MR) is 69.8 cm³/mol. The van der Waals surface area contributed by atoms with E-state index in [1.165, 1.54) is 9.80 Å². The lowest BCUT2D eigenvalue weighted by atomic mass is 10.1. The van der Waals surface area contributed by atoms with Crippen LogP contribution in [-0.4, -0.2) is 58.8 Å². The highest BCUT2D eigenvalue weighted by Crippen LogP contribution is 2.30. The van der Waals surface area contributed by atoms with Gasteiger partial charge in [-0.3, -0.25) is 4.79 Å². The van der Waals surface area contributed by atoms with Crippen LogP contribution < -0.4 is 0 Å². The first-order valence-corrected chi connectivity index (χ1v) is 6.66. The predicted octanol–water partition coefficient (Wildman–Crippen LogP) is 2.49. The maximum absolute atomic E-state index is 12.5. The summed E-state index contributed by atoms with van der Waals surface area (Å²) < 4.78 is 37.6. The van der Waals surface area contributed by atoms with E-state index >= 15 is 0 Å². The molecule has 2 amide bonds. The van der Waals surface area contributed by atoms with E-state index in [1.54, 1.807) is 13.8 Å². The molecular formula is C13H19F3N2O3. The number of hydrogen-bond donors (Lipinski definition) is 1. The fourth-order valence-electron chi connectivity index (χ4n) is 2.07. The minimum absolute atomic E-state index is 0.0134. The van der Waals surface area contributed by atoms with Crippen molar-refractivity contribution in [1.82, 2.24) is 9.80 Å². The molecule has 21 heavy (non-hydrogen) atoms. The Labute approximate surface area is 121 Å². The lowest BCUT2D eigenvalue weighted by Gasteiger charge is -2.34. The second-order valence-electron chi connectivity index (χ2n) is 5.14. The number of aliphatic carboxylic acids is 1. The highest BCUT2D eigenvalue weighted by Gasteiger charge is 2.36. The van der Waals surface area contributed by atoms with Crippen LogP contribution in [0.3, 0.4) is 0 Å². The minimum Gasteiger partial charge on any atom is -0.481 e. The van der Waals surface area contributed by atoms with Crippen LogP contribution in [0.5, 0.6) is 0 Å². The average molecular weight is 308 g/mol. The van der Waals surface area contributed by atoms with Crippen molar-refractivity contribution < 1.29 is 27.9 Å². The van der Waals surface area contributed by atoms with Crippen molar-refractivity contribution in [3.8, 4) is 0 Å². The number of carboxylic acids is 1. The van der Waals surface area contributed by atoms with Crippen LogP contribution in [0.4, 0.5) is 18.0 Å². The van der Waals surface area contributed by atoms with Gasteiger partial charge >= 0.3 is 18.2 Å². The number of hydrogen-bond acceptors (Lipinski definition) is 2. The number of carboxylic acid groups (broad SMARTS) is 1. The van der Waals surface area contributed by atoms with Crippen molar-refractivity contribution in [1.29, 1.82) is 0 Å². The third kappa shape index (κ3) is 4.95. The van der Waals surface area contributed by atoms with Crippen molar-refractivity contribution in [2.45, 2.75) is 38.9 Å². The van der Waals surface area contributed by atoms with Gasteiger partial charge in [0.05, 0.1) is 6.42 Å². The molecule has 0 aromatic carbocycles. The molecule has 120 valence electrons. The first kappa shape index (κ1) is 17.3. The molecule has 0 aromatic rings. The largest absolute Gasteiger partial charge is 0.481 e. The first-order valence-electron chi connectivity index (χ1n) is 6.66. The quantitative estimate of drug-likeness (QED) is 0.812. The highest BCUT2D eigenvalue weighted by atomic mass is 19.4. The van der Waals surface area contributed by atoms with Crippen LogP contribution in [0, 0.1) is 0 Å². The lowest BCUT2D eigenvalue weighted by molar-refractivity contribution is -0.137. The minimum atomic E-state index is -4.35. The van der Waals surface area contributed by atoms with Gasteiger partial charge in [0.1, 0.15) is 0 Å². The molecule has 0 saturated carbocycles. The van der Waals surface area contributed by atoms with Crippen LogP contribution in [0.2, 0.25) is 0 Å². The molecule has 0 aliphatic carbocycles. The molecule has 0 bridgehead atoms. The summed E-state index contributed by atoms with van der Waals surface area (Å²) >= 11 is 0. The topological polar surface area (TPSA) is 60.9 Å². The average Bonchev–Trinajstić information content (AvgIpc) is 2.37. The molecule has 0 fully saturated rings. The number of carbonyl (C=O) groups excluding carboxylic acids is 1. The number of rotatable bonds is 4. The number of halogens is 3. The van der Waals surface area contributed by atoms with Gasteiger partial charge in [-0.25, -0.2) is 4.79 Å². The zero-order valence-electron chi connectivity index (χ0n) is 12.0. The van der Waals surface area contributed by atoms with Gasteiger partial charge in [0, 0.05) is 31.2 Å². The van der Waals surface area contributed by atoms with Crippen LogP contribution in [-0.2, 0) is 4.79 Å². The van der Waals surface area contributed by atoms with E-state index in [1.807, 2.05) is 0 Å². The van der Waals surface area contributed by atoms with Crippen molar-refractivity contribution in [3.05, 3.63) is 11.6 Å². The maximum Gasteiger partial charge on any atom is 0.412 e. The van der Waals surface area contributed by atoms with Crippen molar-refractivity contribution in [3.63, 3.8) is 0 Å². The van der Waals surface area contributed by atoms with Gasteiger partial charge in [0.15, 0.2) is 0 Å². The van der Waals surface area contributed by atoms with Crippen molar-refractivity contribution >= 4 is 12.0 Å². The molecule has 0 spiro atoms. The van der Waals surface area contributed by atoms with E-state index in [0.717, 1.165) is 6.08 Å². The number of nitrogens with zero attached hydrogens (tertiary/aromatic N) is 2. The molecule has 0 unspecified atom stereocenters. The van der Waals surface area contributed by atoms with Crippen LogP contribution >= 0.6 is 0 Å². The SMILES string of the molecule is CC(C)N(CCC(=O)O)C(=O)N1CC=C(C(F)(F)F)CC1. The molecule has 0 atom stereocenters. The number of urea groups is 1. The first-order chi connectivity index (χ1) is 9.62. The summed E-state index contributed by atoms with van der Waals surface area (Å²) in [6.45, 7) is 3.39. The third-order valence-electron chi connectivity index (χ3n) is 3.28. The smallest absolute Gasteiger partial charge is 0.412 e. The number of amides is 2. The van der Waals surface area contributed by atoms with E-state index in [9.17, 15) is 22.8 Å². The Morgan fingerprint density at radius 3 is 2.43 bits per heavy atom. The normalized spacial score (nSPS) is 15.9. The van der Waals surface area contributed by atoms with Gasteiger partial charge < -0.3 is 14.9 Å². The second-order valence-corrected chi connectivity index (χ2v) is 5.14. The number of carbonyl (C=O) groups is 2. The van der Waals surface area contributed by atoms with Gasteiger partial charge in [0.25, 0.3) is 0 Å². The van der Waals surface area contributed by atoms with Crippen molar-refractivity contribution in [2.24, 2.45) is 0 Å². The molecule has 0 saturated heterocycles. The van der Waals surface area contributed by atoms with E-state index < -0.39 is 23.7 Å². The molecule has 8 heteroatoms. The van der Waals surface area contributed by atoms with Gasteiger partial charge in [-0.05, 0) is 20.3 Å². The Hall–Kier alpha value is -1.73. The van der Waals surface area contributed by atoms with E-state index in [0.29, 0.717) is 0 Å². The summed E-state index contributed by atoms with van der Waals surface area (Å²) in [6.07, 6.45) is -3.77. The standard InChI is InChI=1S/C13H19F3N2O3/c1-9(2)18(8-5-11(19)20)12(21)17-6-3-10(4-7-17)13(14,15)16/h3,9H,4-8H2,1-2H3,(H,19,20). The van der Waals surface area contributed by atoms with Crippen molar-refractivity contribution in [2.75, 3.05) is 19.6 Å². The summed E-state index contributed by atoms with van der Waals surface area (Å²) in [6, 6.07) is -0.645. The Bertz CT molecular complexity index is 433. The van der Waals surface area contributed by atoms with Gasteiger partial charge in [-0.15, -0.1) is 0 Å². The van der Waals surface area contributed by atoms with Crippen LogP contribution in [0.25, 0.3) is 0 Å². The summed E-state index contributed by atoms with van der Waals surface area (Å²) in [4.78, 5) is 25.5. The summed E-state index contributed by atoms with van der Waals surface area (Å²) in [5.74, 6) is -1.02. The highest BCUT2D eigenvalue weighted by molar-refractivity contribution is 5.76. The Kier molecular flexibility index (Phi) is 5.62. The Balaban J connectivity index is 2.70. The summed E-state index contributed by atoms with van der Waals surface area (Å²) in [7, 11) is 0. The molecule has 1 aliphatic rings. The summed E-state index contributed by atoms with van der Waals surface area (Å²) in [5, 5.41) is 8.67. The van der Waals surface area contributed by atoms with Gasteiger partial charge in [-0.1, -0.05) is 6.08 Å². The molecule has 1 aliphatic heterocycles. The molecule has 1 N–H and O–H groups in total. The maximum atomic E-state index is 12.5.